The second-order valence-corrected chi connectivity index (χ2v) is 5.97. The highest BCUT2D eigenvalue weighted by Crippen LogP contribution is 2.22. The maximum absolute atomic E-state index is 5.69. The van der Waals surface area contributed by atoms with Crippen molar-refractivity contribution in [3.63, 3.8) is 0 Å². The van der Waals surface area contributed by atoms with Gasteiger partial charge >= 0.3 is 0 Å². The molecule has 2 aromatic heterocycles. The number of oxazole rings is 1. The molecule has 2 aromatic rings. The third-order valence-corrected chi connectivity index (χ3v) is 2.75. The summed E-state index contributed by atoms with van der Waals surface area (Å²) in [5.41, 5.74) is 0.00376. The molecule has 0 atom stereocenters. The zero-order chi connectivity index (χ0) is 11.8. The van der Waals surface area contributed by atoms with Crippen LogP contribution in [0.1, 0.15) is 32.4 Å². The van der Waals surface area contributed by atoms with Crippen LogP contribution in [0.2, 0.25) is 0 Å². The standard InChI is InChI=1S/C11H14IN3O/c1-11(2,3)9-5-13-10(16-9)7-15-6-8(12)4-14-15/h4-6H,7H2,1-3H3. The van der Waals surface area contributed by atoms with Crippen molar-refractivity contribution in [2.45, 2.75) is 32.7 Å². The Balaban J connectivity index is 2.14. The number of aromatic nitrogens is 3. The molecule has 0 amide bonds. The smallest absolute Gasteiger partial charge is 0.216 e. The molecule has 0 saturated carbocycles. The van der Waals surface area contributed by atoms with Crippen molar-refractivity contribution in [1.82, 2.24) is 14.8 Å². The van der Waals surface area contributed by atoms with Gasteiger partial charge in [0, 0.05) is 11.6 Å². The average molecular weight is 331 g/mol. The van der Waals surface area contributed by atoms with Crippen LogP contribution in [0.5, 0.6) is 0 Å². The van der Waals surface area contributed by atoms with Crippen molar-refractivity contribution in [1.29, 1.82) is 0 Å². The van der Waals surface area contributed by atoms with Gasteiger partial charge in [-0.25, -0.2) is 4.98 Å². The lowest BCUT2D eigenvalue weighted by atomic mass is 9.94. The Morgan fingerprint density at radius 2 is 2.12 bits per heavy atom. The summed E-state index contributed by atoms with van der Waals surface area (Å²) >= 11 is 2.23. The molecule has 0 bridgehead atoms. The molecule has 86 valence electrons. The third-order valence-electron chi connectivity index (χ3n) is 2.19. The van der Waals surface area contributed by atoms with Crippen molar-refractivity contribution < 1.29 is 4.42 Å². The Morgan fingerprint density at radius 1 is 1.38 bits per heavy atom. The molecule has 4 nitrogen and oxygen atoms in total. The number of rotatable bonds is 2. The highest BCUT2D eigenvalue weighted by molar-refractivity contribution is 14.1. The van der Waals surface area contributed by atoms with E-state index >= 15 is 0 Å². The van der Waals surface area contributed by atoms with E-state index in [-0.39, 0.29) is 5.41 Å². The molecule has 0 fully saturated rings. The first-order valence-corrected chi connectivity index (χ1v) is 6.16. The van der Waals surface area contributed by atoms with E-state index in [2.05, 4.69) is 53.4 Å². The number of halogens is 1. The second-order valence-electron chi connectivity index (χ2n) is 4.72. The minimum absolute atomic E-state index is 0.00376. The van der Waals surface area contributed by atoms with E-state index in [9.17, 15) is 0 Å². The molecular weight excluding hydrogens is 317 g/mol. The molecule has 2 heterocycles. The van der Waals surface area contributed by atoms with Gasteiger partial charge in [-0.3, -0.25) is 4.68 Å². The van der Waals surface area contributed by atoms with Crippen LogP contribution in [0.3, 0.4) is 0 Å². The van der Waals surface area contributed by atoms with Crippen LogP contribution in [0.15, 0.2) is 23.0 Å². The molecule has 16 heavy (non-hydrogen) atoms. The van der Waals surface area contributed by atoms with Crippen LogP contribution in [0.4, 0.5) is 0 Å². The van der Waals surface area contributed by atoms with E-state index in [1.165, 1.54) is 0 Å². The Kier molecular flexibility index (Phi) is 3.05. The fraction of sp³-hybridized carbons (Fsp3) is 0.455. The van der Waals surface area contributed by atoms with Crippen LogP contribution in [-0.2, 0) is 12.0 Å². The van der Waals surface area contributed by atoms with Gasteiger partial charge in [0.2, 0.25) is 5.89 Å². The highest BCUT2D eigenvalue weighted by Gasteiger charge is 2.19. The van der Waals surface area contributed by atoms with E-state index in [1.54, 1.807) is 6.20 Å². The molecule has 0 aromatic carbocycles. The summed E-state index contributed by atoms with van der Waals surface area (Å²) < 4.78 is 8.62. The molecule has 0 aliphatic carbocycles. The van der Waals surface area contributed by atoms with Gasteiger partial charge in [-0.1, -0.05) is 20.8 Å². The van der Waals surface area contributed by atoms with E-state index in [0.29, 0.717) is 12.4 Å². The predicted octanol–water partition coefficient (Wildman–Crippen LogP) is 2.82. The average Bonchev–Trinajstić information content (AvgIpc) is 2.74. The van der Waals surface area contributed by atoms with E-state index in [0.717, 1.165) is 9.33 Å². The Morgan fingerprint density at radius 3 is 2.62 bits per heavy atom. The van der Waals surface area contributed by atoms with Crippen molar-refractivity contribution in [3.05, 3.63) is 33.8 Å². The summed E-state index contributed by atoms with van der Waals surface area (Å²) in [6.45, 7) is 6.90. The zero-order valence-electron chi connectivity index (χ0n) is 9.57. The fourth-order valence-corrected chi connectivity index (χ4v) is 1.74. The zero-order valence-corrected chi connectivity index (χ0v) is 11.7. The maximum Gasteiger partial charge on any atom is 0.216 e. The lowest BCUT2D eigenvalue weighted by molar-refractivity contribution is 0.372. The summed E-state index contributed by atoms with van der Waals surface area (Å²) in [7, 11) is 0. The molecule has 0 N–H and O–H groups in total. The monoisotopic (exact) mass is 331 g/mol. The first-order chi connectivity index (χ1) is 7.45. The van der Waals surface area contributed by atoms with Crippen molar-refractivity contribution in [3.8, 4) is 0 Å². The van der Waals surface area contributed by atoms with Gasteiger partial charge < -0.3 is 4.42 Å². The van der Waals surface area contributed by atoms with Crippen LogP contribution in [0, 0.1) is 3.57 Å². The molecule has 5 heteroatoms. The molecule has 0 radical (unpaired) electrons. The van der Waals surface area contributed by atoms with Gasteiger partial charge in [0.25, 0.3) is 0 Å². The largest absolute Gasteiger partial charge is 0.443 e. The molecule has 0 aliphatic heterocycles. The van der Waals surface area contributed by atoms with E-state index in [4.69, 9.17) is 4.42 Å². The molecular formula is C11H14IN3O. The number of nitrogens with zero attached hydrogens (tertiary/aromatic N) is 3. The number of hydrogen-bond donors (Lipinski definition) is 0. The van der Waals surface area contributed by atoms with Gasteiger partial charge in [0.1, 0.15) is 12.3 Å². The SMILES string of the molecule is CC(C)(C)c1cnc(Cn2cc(I)cn2)o1. The van der Waals surface area contributed by atoms with E-state index < -0.39 is 0 Å². The first kappa shape index (κ1) is 11.6. The van der Waals surface area contributed by atoms with Crippen LogP contribution < -0.4 is 0 Å². The molecule has 0 spiro atoms. The van der Waals surface area contributed by atoms with Gasteiger partial charge in [-0.15, -0.1) is 0 Å². The summed E-state index contributed by atoms with van der Waals surface area (Å²) in [5, 5.41) is 4.19. The van der Waals surface area contributed by atoms with Crippen LogP contribution in [0.25, 0.3) is 0 Å². The van der Waals surface area contributed by atoms with Crippen molar-refractivity contribution in [2.75, 3.05) is 0 Å². The first-order valence-electron chi connectivity index (χ1n) is 5.08. The van der Waals surface area contributed by atoms with Crippen LogP contribution >= 0.6 is 22.6 Å². The topological polar surface area (TPSA) is 43.9 Å². The fourth-order valence-electron chi connectivity index (χ4n) is 1.29. The summed E-state index contributed by atoms with van der Waals surface area (Å²) in [6.07, 6.45) is 5.57. The Hall–Kier alpha value is -0.850. The predicted molar refractivity (Wildman–Crippen MR) is 69.2 cm³/mol. The van der Waals surface area contributed by atoms with Crippen molar-refractivity contribution in [2.24, 2.45) is 0 Å². The normalized spacial score (nSPS) is 12.0. The highest BCUT2D eigenvalue weighted by atomic mass is 127. The quantitative estimate of drug-likeness (QED) is 0.795. The number of hydrogen-bond acceptors (Lipinski definition) is 3. The third kappa shape index (κ3) is 2.63. The minimum atomic E-state index is 0.00376. The maximum atomic E-state index is 5.69. The summed E-state index contributed by atoms with van der Waals surface area (Å²) in [5.74, 6) is 1.61. The minimum Gasteiger partial charge on any atom is -0.443 e. The molecule has 2 rings (SSSR count). The summed E-state index contributed by atoms with van der Waals surface area (Å²) in [6, 6.07) is 0. The van der Waals surface area contributed by atoms with Crippen molar-refractivity contribution >= 4 is 22.6 Å². The van der Waals surface area contributed by atoms with Crippen LogP contribution in [-0.4, -0.2) is 14.8 Å². The molecule has 0 saturated heterocycles. The lowest BCUT2D eigenvalue weighted by Crippen LogP contribution is -2.09. The Bertz CT molecular complexity index is 481. The summed E-state index contributed by atoms with van der Waals surface area (Å²) in [4.78, 5) is 4.26. The second kappa shape index (κ2) is 4.20. The van der Waals surface area contributed by atoms with Gasteiger partial charge in [0.15, 0.2) is 0 Å². The lowest BCUT2D eigenvalue weighted by Gasteiger charge is -2.13. The van der Waals surface area contributed by atoms with E-state index in [1.807, 2.05) is 17.1 Å². The molecule has 0 aliphatic rings. The van der Waals surface area contributed by atoms with Gasteiger partial charge in [-0.2, -0.15) is 5.10 Å². The molecule has 0 unspecified atom stereocenters. The van der Waals surface area contributed by atoms with Gasteiger partial charge in [0.05, 0.1) is 16.0 Å². The van der Waals surface area contributed by atoms with Gasteiger partial charge in [-0.05, 0) is 22.6 Å². The Labute approximate surface area is 108 Å².